The molecule has 0 aromatic heterocycles. The lowest BCUT2D eigenvalue weighted by atomic mass is 9.84. The highest BCUT2D eigenvalue weighted by atomic mass is 19.1. The Kier molecular flexibility index (Phi) is 7.03. The average molecular weight is 513 g/mol. The zero-order valence-corrected chi connectivity index (χ0v) is 21.9. The quantitative estimate of drug-likeness (QED) is 0.553. The summed E-state index contributed by atoms with van der Waals surface area (Å²) in [5.74, 6) is 0.724. The molecule has 2 heterocycles. The van der Waals surface area contributed by atoms with Crippen LogP contribution in [-0.4, -0.2) is 68.3 Å². The molecule has 2 aliphatic heterocycles. The van der Waals surface area contributed by atoms with Crippen LogP contribution in [0.5, 0.6) is 0 Å². The summed E-state index contributed by atoms with van der Waals surface area (Å²) in [6.45, 7) is 3.85. The third-order valence-corrected chi connectivity index (χ3v) is 9.36. The number of benzene rings is 1. The van der Waals surface area contributed by atoms with Gasteiger partial charge in [0, 0.05) is 43.3 Å². The average Bonchev–Trinajstić information content (AvgIpc) is 3.84. The summed E-state index contributed by atoms with van der Waals surface area (Å²) in [7, 11) is 0. The highest BCUT2D eigenvalue weighted by molar-refractivity contribution is 5.87. The molecule has 3 saturated carbocycles. The van der Waals surface area contributed by atoms with Crippen molar-refractivity contribution >= 4 is 17.6 Å². The normalized spacial score (nSPS) is 24.5. The molecule has 37 heavy (non-hydrogen) atoms. The van der Waals surface area contributed by atoms with Crippen LogP contribution in [0, 0.1) is 17.7 Å². The summed E-state index contributed by atoms with van der Waals surface area (Å²) in [4.78, 5) is 30.9. The SMILES string of the molecule is O=C(N[C@H](CN1CC2(CC2)c2cc(F)ccc21)C1CC1)[C@H](CC1CCCCC1)NC(=O)N1CCOCC1. The Labute approximate surface area is 219 Å². The Hall–Kier alpha value is -2.35. The maximum atomic E-state index is 14.0. The molecule has 202 valence electrons. The lowest BCUT2D eigenvalue weighted by molar-refractivity contribution is -0.124. The second-order valence-electron chi connectivity index (χ2n) is 12.1. The molecule has 0 unspecified atom stereocenters. The van der Waals surface area contributed by atoms with Crippen LogP contribution in [0.3, 0.4) is 0 Å². The van der Waals surface area contributed by atoms with Crippen molar-refractivity contribution < 1.29 is 18.7 Å². The topological polar surface area (TPSA) is 73.9 Å². The van der Waals surface area contributed by atoms with Gasteiger partial charge in [-0.05, 0) is 67.7 Å². The highest BCUT2D eigenvalue weighted by Crippen LogP contribution is 2.56. The van der Waals surface area contributed by atoms with Crippen LogP contribution in [0.15, 0.2) is 18.2 Å². The molecule has 1 aromatic rings. The van der Waals surface area contributed by atoms with E-state index in [1.807, 2.05) is 6.07 Å². The van der Waals surface area contributed by atoms with E-state index in [0.717, 1.165) is 62.9 Å². The number of amides is 3. The van der Waals surface area contributed by atoms with Crippen molar-refractivity contribution in [2.45, 2.75) is 81.7 Å². The lowest BCUT2D eigenvalue weighted by Crippen LogP contribution is -2.56. The van der Waals surface area contributed by atoms with Gasteiger partial charge in [-0.3, -0.25) is 4.79 Å². The molecular formula is C29H41FN4O3. The van der Waals surface area contributed by atoms with Crippen molar-refractivity contribution in [3.05, 3.63) is 29.6 Å². The number of hydrogen-bond acceptors (Lipinski definition) is 4. The summed E-state index contributed by atoms with van der Waals surface area (Å²) >= 11 is 0. The van der Waals surface area contributed by atoms with Gasteiger partial charge in [0.05, 0.1) is 13.2 Å². The van der Waals surface area contributed by atoms with E-state index >= 15 is 0 Å². The summed E-state index contributed by atoms with van der Waals surface area (Å²) in [6, 6.07) is 4.54. The minimum absolute atomic E-state index is 0.0356. The number of fused-ring (bicyclic) bond motifs is 2. The van der Waals surface area contributed by atoms with Crippen molar-refractivity contribution in [3.63, 3.8) is 0 Å². The summed E-state index contributed by atoms with van der Waals surface area (Å²) in [5, 5.41) is 6.48. The number of ether oxygens (including phenoxy) is 1. The second-order valence-corrected chi connectivity index (χ2v) is 12.1. The van der Waals surface area contributed by atoms with Crippen LogP contribution in [0.4, 0.5) is 14.9 Å². The van der Waals surface area contributed by atoms with Crippen LogP contribution >= 0.6 is 0 Å². The number of anilines is 1. The fourth-order valence-corrected chi connectivity index (χ4v) is 6.81. The van der Waals surface area contributed by atoms with Gasteiger partial charge in [-0.2, -0.15) is 0 Å². The molecule has 3 amide bonds. The fourth-order valence-electron chi connectivity index (χ4n) is 6.81. The van der Waals surface area contributed by atoms with Crippen LogP contribution in [-0.2, 0) is 14.9 Å². The number of halogens is 1. The van der Waals surface area contributed by atoms with Gasteiger partial charge in [-0.1, -0.05) is 32.1 Å². The van der Waals surface area contributed by atoms with Crippen molar-refractivity contribution in [2.24, 2.45) is 11.8 Å². The molecule has 5 aliphatic rings. The first-order valence-electron chi connectivity index (χ1n) is 14.5. The number of rotatable bonds is 8. The van der Waals surface area contributed by atoms with E-state index in [9.17, 15) is 14.0 Å². The third-order valence-electron chi connectivity index (χ3n) is 9.36. The van der Waals surface area contributed by atoms with E-state index in [1.165, 1.54) is 19.3 Å². The van der Waals surface area contributed by atoms with E-state index in [2.05, 4.69) is 15.5 Å². The number of hydrogen-bond donors (Lipinski definition) is 2. The molecule has 8 heteroatoms. The summed E-state index contributed by atoms with van der Waals surface area (Å²) in [5.41, 5.74) is 2.37. The Morgan fingerprint density at radius 3 is 2.51 bits per heavy atom. The Balaban J connectivity index is 1.14. The van der Waals surface area contributed by atoms with Gasteiger partial charge in [0.25, 0.3) is 0 Å². The molecule has 1 aromatic carbocycles. The number of nitrogens with one attached hydrogen (secondary N) is 2. The van der Waals surface area contributed by atoms with Crippen molar-refractivity contribution in [3.8, 4) is 0 Å². The number of carbonyl (C=O) groups is 2. The van der Waals surface area contributed by atoms with Gasteiger partial charge in [0.2, 0.25) is 5.91 Å². The van der Waals surface area contributed by atoms with Gasteiger partial charge >= 0.3 is 6.03 Å². The van der Waals surface area contributed by atoms with Crippen LogP contribution in [0.2, 0.25) is 0 Å². The van der Waals surface area contributed by atoms with Crippen LogP contribution < -0.4 is 15.5 Å². The maximum absolute atomic E-state index is 14.0. The van der Waals surface area contributed by atoms with E-state index in [-0.39, 0.29) is 29.2 Å². The van der Waals surface area contributed by atoms with E-state index in [0.29, 0.717) is 44.6 Å². The summed E-state index contributed by atoms with van der Waals surface area (Å²) < 4.78 is 19.4. The zero-order chi connectivity index (χ0) is 25.4. The second kappa shape index (κ2) is 10.4. The smallest absolute Gasteiger partial charge is 0.318 e. The predicted octanol–water partition coefficient (Wildman–Crippen LogP) is 3.95. The lowest BCUT2D eigenvalue weighted by Gasteiger charge is -2.33. The van der Waals surface area contributed by atoms with Gasteiger partial charge in [-0.25, -0.2) is 9.18 Å². The monoisotopic (exact) mass is 512 g/mol. The van der Waals surface area contributed by atoms with Crippen LogP contribution in [0.1, 0.15) is 69.8 Å². The minimum atomic E-state index is -0.519. The number of carbonyl (C=O) groups excluding carboxylic acids is 2. The molecular weight excluding hydrogens is 471 g/mol. The van der Waals surface area contributed by atoms with E-state index < -0.39 is 6.04 Å². The maximum Gasteiger partial charge on any atom is 0.318 e. The molecule has 2 atom stereocenters. The van der Waals surface area contributed by atoms with E-state index in [1.54, 1.807) is 17.0 Å². The molecule has 3 aliphatic carbocycles. The first-order chi connectivity index (χ1) is 18.0. The molecule has 2 N–H and O–H groups in total. The molecule has 0 bridgehead atoms. The molecule has 0 radical (unpaired) electrons. The Morgan fingerprint density at radius 1 is 1.05 bits per heavy atom. The van der Waals surface area contributed by atoms with Crippen LogP contribution in [0.25, 0.3) is 0 Å². The Bertz CT molecular complexity index is 999. The van der Waals surface area contributed by atoms with Crippen molar-refractivity contribution in [1.82, 2.24) is 15.5 Å². The van der Waals surface area contributed by atoms with Gasteiger partial charge < -0.3 is 25.2 Å². The first-order valence-corrected chi connectivity index (χ1v) is 14.5. The number of nitrogens with zero attached hydrogens (tertiary/aromatic N) is 2. The summed E-state index contributed by atoms with van der Waals surface area (Å²) in [6.07, 6.45) is 11.1. The molecule has 7 nitrogen and oxygen atoms in total. The van der Waals surface area contributed by atoms with Gasteiger partial charge in [0.15, 0.2) is 0 Å². The Morgan fingerprint density at radius 2 is 1.81 bits per heavy atom. The molecule has 1 spiro atoms. The largest absolute Gasteiger partial charge is 0.378 e. The highest BCUT2D eigenvalue weighted by Gasteiger charge is 2.52. The minimum Gasteiger partial charge on any atom is -0.378 e. The predicted molar refractivity (Wildman–Crippen MR) is 140 cm³/mol. The van der Waals surface area contributed by atoms with Gasteiger partial charge in [-0.15, -0.1) is 0 Å². The molecule has 4 fully saturated rings. The first kappa shape index (κ1) is 25.0. The van der Waals surface area contributed by atoms with E-state index in [4.69, 9.17) is 4.74 Å². The number of morpholine rings is 1. The van der Waals surface area contributed by atoms with Crippen molar-refractivity contribution in [2.75, 3.05) is 44.3 Å². The van der Waals surface area contributed by atoms with Crippen molar-refractivity contribution in [1.29, 1.82) is 0 Å². The number of urea groups is 1. The fraction of sp³-hybridized carbons (Fsp3) is 0.724. The standard InChI is InChI=1S/C29H41FN4O3/c30-22-8-9-26-23(17-22)29(10-11-29)19-34(26)18-25(21-6-7-21)31-27(35)24(16-20-4-2-1-3-5-20)32-28(36)33-12-14-37-15-13-33/h8-9,17,20-21,24-25H,1-7,10-16,18-19H2,(H,31,35)(H,32,36)/t24-,25+/m0/s1. The van der Waals surface area contributed by atoms with Gasteiger partial charge in [0.1, 0.15) is 11.9 Å². The molecule has 1 saturated heterocycles. The zero-order valence-electron chi connectivity index (χ0n) is 21.9. The third kappa shape index (κ3) is 5.59. The molecule has 6 rings (SSSR count).